The highest BCUT2D eigenvalue weighted by atomic mass is 16.2. The number of carbonyl (C=O) groups excluding carboxylic acids is 3. The molecule has 0 unspecified atom stereocenters. The van der Waals surface area contributed by atoms with Crippen LogP contribution in [0.4, 0.5) is 0 Å². The quantitative estimate of drug-likeness (QED) is 0.610. The van der Waals surface area contributed by atoms with Crippen molar-refractivity contribution in [1.82, 2.24) is 10.6 Å². The van der Waals surface area contributed by atoms with Gasteiger partial charge in [-0.3, -0.25) is 19.7 Å². The summed E-state index contributed by atoms with van der Waals surface area (Å²) in [6, 6.07) is 7.81. The Bertz CT molecular complexity index is 501. The second kappa shape index (κ2) is 5.62. The molecule has 1 aromatic rings. The van der Waals surface area contributed by atoms with E-state index in [1.54, 1.807) is 0 Å². The van der Waals surface area contributed by atoms with E-state index in [-0.39, 0.29) is 12.3 Å². The third kappa shape index (κ3) is 3.38. The van der Waals surface area contributed by atoms with Crippen molar-refractivity contribution in [3.63, 3.8) is 0 Å². The predicted molar refractivity (Wildman–Crippen MR) is 67.8 cm³/mol. The Morgan fingerprint density at radius 1 is 1.37 bits per heavy atom. The number of hydrogen-bond donors (Lipinski definition) is 3. The summed E-state index contributed by atoms with van der Waals surface area (Å²) in [5.41, 5.74) is 6.72. The fourth-order valence-corrected chi connectivity index (χ4v) is 1.91. The minimum absolute atomic E-state index is 0.0252. The van der Waals surface area contributed by atoms with Crippen LogP contribution < -0.4 is 16.4 Å². The van der Waals surface area contributed by atoms with Crippen molar-refractivity contribution in [2.24, 2.45) is 5.73 Å². The lowest BCUT2D eigenvalue weighted by molar-refractivity contribution is -0.128. The number of rotatable bonds is 4. The molecule has 0 bridgehead atoms. The normalized spacial score (nSPS) is 19.9. The van der Waals surface area contributed by atoms with E-state index >= 15 is 0 Å². The van der Waals surface area contributed by atoms with Gasteiger partial charge in [0.05, 0.1) is 12.5 Å². The molecular formula is C13H15N3O3. The number of nitrogens with two attached hydrogens (primary N) is 1. The van der Waals surface area contributed by atoms with Crippen LogP contribution in [-0.4, -0.2) is 29.8 Å². The van der Waals surface area contributed by atoms with Gasteiger partial charge in [-0.2, -0.15) is 0 Å². The van der Waals surface area contributed by atoms with E-state index in [0.717, 1.165) is 5.56 Å². The molecule has 2 atom stereocenters. The molecule has 100 valence electrons. The first-order chi connectivity index (χ1) is 9.06. The molecule has 1 aromatic carbocycles. The first-order valence-corrected chi connectivity index (χ1v) is 6.00. The molecular weight excluding hydrogens is 246 g/mol. The molecule has 1 aliphatic rings. The molecule has 6 heteroatoms. The van der Waals surface area contributed by atoms with E-state index in [9.17, 15) is 14.4 Å². The number of benzene rings is 1. The third-order valence-corrected chi connectivity index (χ3v) is 2.92. The Morgan fingerprint density at radius 2 is 2.05 bits per heavy atom. The van der Waals surface area contributed by atoms with Gasteiger partial charge in [0.1, 0.15) is 6.04 Å². The topological polar surface area (TPSA) is 101 Å². The second-order valence-corrected chi connectivity index (χ2v) is 4.47. The largest absolute Gasteiger partial charge is 0.342 e. The van der Waals surface area contributed by atoms with Gasteiger partial charge in [0, 0.05) is 0 Å². The summed E-state index contributed by atoms with van der Waals surface area (Å²) in [5.74, 6) is -1.30. The Kier molecular flexibility index (Phi) is 3.91. The monoisotopic (exact) mass is 261 g/mol. The zero-order chi connectivity index (χ0) is 13.8. The molecule has 19 heavy (non-hydrogen) atoms. The van der Waals surface area contributed by atoms with E-state index < -0.39 is 23.9 Å². The molecule has 3 amide bonds. The summed E-state index contributed by atoms with van der Waals surface area (Å²) in [7, 11) is 0. The van der Waals surface area contributed by atoms with Crippen LogP contribution in [0.2, 0.25) is 0 Å². The van der Waals surface area contributed by atoms with Crippen molar-refractivity contribution < 1.29 is 14.4 Å². The Morgan fingerprint density at radius 3 is 2.63 bits per heavy atom. The number of carbonyl (C=O) groups is 3. The van der Waals surface area contributed by atoms with Crippen LogP contribution in [0, 0.1) is 0 Å². The summed E-state index contributed by atoms with van der Waals surface area (Å²) in [6.45, 7) is 0. The van der Waals surface area contributed by atoms with E-state index in [0.29, 0.717) is 6.42 Å². The molecule has 0 spiro atoms. The van der Waals surface area contributed by atoms with Crippen LogP contribution in [0.1, 0.15) is 12.0 Å². The van der Waals surface area contributed by atoms with Crippen LogP contribution in [0.5, 0.6) is 0 Å². The lowest BCUT2D eigenvalue weighted by Gasteiger charge is -2.14. The molecule has 0 aliphatic carbocycles. The first kappa shape index (κ1) is 13.2. The summed E-state index contributed by atoms with van der Waals surface area (Å²) >= 11 is 0. The maximum Gasteiger partial charge on any atom is 0.249 e. The van der Waals surface area contributed by atoms with E-state index in [4.69, 9.17) is 5.73 Å². The fraction of sp³-hybridized carbons (Fsp3) is 0.308. The molecule has 1 saturated heterocycles. The van der Waals surface area contributed by atoms with Crippen molar-refractivity contribution in [2.45, 2.75) is 24.9 Å². The third-order valence-electron chi connectivity index (χ3n) is 2.92. The SMILES string of the molecule is N[C@@H](Cc1ccccc1)C(=O)N[C@H]1CC(=O)NC1=O. The van der Waals surface area contributed by atoms with Gasteiger partial charge in [-0.1, -0.05) is 30.3 Å². The van der Waals surface area contributed by atoms with E-state index in [1.807, 2.05) is 30.3 Å². The molecule has 0 aromatic heterocycles. The molecule has 1 heterocycles. The summed E-state index contributed by atoms with van der Waals surface area (Å²) in [5, 5.41) is 4.61. The Balaban J connectivity index is 1.89. The highest BCUT2D eigenvalue weighted by molar-refractivity contribution is 6.07. The van der Waals surface area contributed by atoms with Crippen LogP contribution in [0.3, 0.4) is 0 Å². The van der Waals surface area contributed by atoms with Crippen LogP contribution >= 0.6 is 0 Å². The first-order valence-electron chi connectivity index (χ1n) is 6.00. The smallest absolute Gasteiger partial charge is 0.249 e. The van der Waals surface area contributed by atoms with Gasteiger partial charge < -0.3 is 11.1 Å². The molecule has 1 aliphatic heterocycles. The van der Waals surface area contributed by atoms with E-state index in [1.165, 1.54) is 0 Å². The van der Waals surface area contributed by atoms with Crippen LogP contribution in [0.15, 0.2) is 30.3 Å². The average molecular weight is 261 g/mol. The number of hydrogen-bond acceptors (Lipinski definition) is 4. The maximum atomic E-state index is 11.8. The average Bonchev–Trinajstić information content (AvgIpc) is 2.69. The molecule has 6 nitrogen and oxygen atoms in total. The highest BCUT2D eigenvalue weighted by Gasteiger charge is 2.32. The lowest BCUT2D eigenvalue weighted by Crippen LogP contribution is -2.48. The van der Waals surface area contributed by atoms with Crippen molar-refractivity contribution in [2.75, 3.05) is 0 Å². The zero-order valence-electron chi connectivity index (χ0n) is 10.3. The minimum Gasteiger partial charge on any atom is -0.342 e. The van der Waals surface area contributed by atoms with Crippen molar-refractivity contribution in [3.05, 3.63) is 35.9 Å². The molecule has 0 saturated carbocycles. The summed E-state index contributed by atoms with van der Waals surface area (Å²) < 4.78 is 0. The summed E-state index contributed by atoms with van der Waals surface area (Å²) in [6.07, 6.45) is 0.359. The zero-order valence-corrected chi connectivity index (χ0v) is 10.3. The predicted octanol–water partition coefficient (Wildman–Crippen LogP) is -0.912. The van der Waals surface area contributed by atoms with Gasteiger partial charge in [0.25, 0.3) is 0 Å². The van der Waals surface area contributed by atoms with Crippen LogP contribution in [-0.2, 0) is 20.8 Å². The van der Waals surface area contributed by atoms with Crippen molar-refractivity contribution in [3.8, 4) is 0 Å². The summed E-state index contributed by atoms with van der Waals surface area (Å²) in [4.78, 5) is 34.1. The van der Waals surface area contributed by atoms with E-state index in [2.05, 4.69) is 10.6 Å². The Labute approximate surface area is 110 Å². The molecule has 2 rings (SSSR count). The number of nitrogens with one attached hydrogen (secondary N) is 2. The molecule has 4 N–H and O–H groups in total. The molecule has 1 fully saturated rings. The van der Waals surface area contributed by atoms with Crippen LogP contribution in [0.25, 0.3) is 0 Å². The molecule has 0 radical (unpaired) electrons. The standard InChI is InChI=1S/C13H15N3O3/c14-9(6-8-4-2-1-3-5-8)12(18)15-10-7-11(17)16-13(10)19/h1-5,9-10H,6-7,14H2,(H,15,18)(H,16,17,19)/t9-,10-/m0/s1. The number of imide groups is 1. The van der Waals surface area contributed by atoms with Gasteiger partial charge in [0.15, 0.2) is 0 Å². The van der Waals surface area contributed by atoms with Gasteiger partial charge in [-0.25, -0.2) is 0 Å². The van der Waals surface area contributed by atoms with Gasteiger partial charge >= 0.3 is 0 Å². The van der Waals surface area contributed by atoms with Crippen molar-refractivity contribution >= 4 is 17.7 Å². The Hall–Kier alpha value is -2.21. The maximum absolute atomic E-state index is 11.8. The fourth-order valence-electron chi connectivity index (χ4n) is 1.91. The van der Waals surface area contributed by atoms with Gasteiger partial charge in [0.2, 0.25) is 17.7 Å². The highest BCUT2D eigenvalue weighted by Crippen LogP contribution is 2.04. The van der Waals surface area contributed by atoms with Crippen molar-refractivity contribution in [1.29, 1.82) is 0 Å². The second-order valence-electron chi connectivity index (χ2n) is 4.47. The van der Waals surface area contributed by atoms with Gasteiger partial charge in [-0.15, -0.1) is 0 Å². The minimum atomic E-state index is -0.804. The number of amides is 3. The van der Waals surface area contributed by atoms with Gasteiger partial charge in [-0.05, 0) is 12.0 Å². The lowest BCUT2D eigenvalue weighted by atomic mass is 10.1.